The van der Waals surface area contributed by atoms with E-state index in [9.17, 15) is 5.26 Å². The summed E-state index contributed by atoms with van der Waals surface area (Å²) in [6, 6.07) is 12.6. The number of unbranched alkanes of at least 4 members (excludes halogenated alkanes) is 1. The number of likely N-dealkylation sites (N-methyl/N-ethyl adjacent to an activating group) is 1. The Morgan fingerprint density at radius 3 is 2.45 bits per heavy atom. The Bertz CT molecular complexity index is 410. The molecular formula is C17H27N3. The van der Waals surface area contributed by atoms with Crippen LogP contribution < -0.4 is 5.32 Å². The van der Waals surface area contributed by atoms with Gasteiger partial charge in [-0.2, -0.15) is 5.26 Å². The first-order valence-electron chi connectivity index (χ1n) is 7.59. The highest BCUT2D eigenvalue weighted by Gasteiger charge is 2.32. The van der Waals surface area contributed by atoms with E-state index in [0.29, 0.717) is 6.54 Å². The summed E-state index contributed by atoms with van der Waals surface area (Å²) in [6.45, 7) is 6.91. The number of nitrogens with zero attached hydrogens (tertiary/aromatic N) is 2. The second kappa shape index (κ2) is 8.73. The maximum absolute atomic E-state index is 9.79. The number of benzene rings is 1. The third-order valence-electron chi connectivity index (χ3n) is 3.53. The van der Waals surface area contributed by atoms with Crippen LogP contribution in [0.1, 0.15) is 38.7 Å². The summed E-state index contributed by atoms with van der Waals surface area (Å²) in [5.41, 5.74) is 0.444. The van der Waals surface area contributed by atoms with Crippen LogP contribution in [0.25, 0.3) is 0 Å². The second-order valence-corrected chi connectivity index (χ2v) is 5.40. The van der Waals surface area contributed by atoms with E-state index in [1.54, 1.807) is 0 Å². The zero-order valence-corrected chi connectivity index (χ0v) is 13.0. The molecule has 110 valence electrons. The third-order valence-corrected chi connectivity index (χ3v) is 3.53. The largest absolute Gasteiger partial charge is 0.303 e. The van der Waals surface area contributed by atoms with Crippen molar-refractivity contribution >= 4 is 0 Å². The van der Waals surface area contributed by atoms with Crippen molar-refractivity contribution < 1.29 is 0 Å². The number of rotatable bonds is 9. The molecule has 0 aliphatic carbocycles. The molecule has 0 saturated heterocycles. The van der Waals surface area contributed by atoms with E-state index >= 15 is 0 Å². The molecule has 0 radical (unpaired) electrons. The van der Waals surface area contributed by atoms with Crippen molar-refractivity contribution in [2.24, 2.45) is 0 Å². The molecule has 0 amide bonds. The molecule has 1 rings (SSSR count). The van der Waals surface area contributed by atoms with Crippen LogP contribution in [-0.2, 0) is 5.54 Å². The molecule has 0 aliphatic heterocycles. The van der Waals surface area contributed by atoms with Gasteiger partial charge in [0.05, 0.1) is 6.07 Å². The zero-order chi connectivity index (χ0) is 14.8. The molecule has 1 N–H and O–H groups in total. The highest BCUT2D eigenvalue weighted by molar-refractivity contribution is 5.32. The number of nitriles is 1. The van der Waals surface area contributed by atoms with Gasteiger partial charge in [-0.05, 0) is 38.5 Å². The number of hydrogen-bond donors (Lipinski definition) is 1. The van der Waals surface area contributed by atoms with Gasteiger partial charge in [-0.25, -0.2) is 0 Å². The SMILES string of the molecule is CCCCN(C)CC(C#N)(NCCC)c1ccccc1. The molecule has 1 aromatic carbocycles. The van der Waals surface area contributed by atoms with Crippen molar-refractivity contribution in [2.75, 3.05) is 26.7 Å². The molecule has 1 unspecified atom stereocenters. The fourth-order valence-electron chi connectivity index (χ4n) is 2.36. The van der Waals surface area contributed by atoms with Crippen LogP contribution in [-0.4, -0.2) is 31.6 Å². The van der Waals surface area contributed by atoms with E-state index in [4.69, 9.17) is 0 Å². The molecule has 0 spiro atoms. The lowest BCUT2D eigenvalue weighted by Crippen LogP contribution is -2.49. The molecule has 1 atom stereocenters. The summed E-state index contributed by atoms with van der Waals surface area (Å²) >= 11 is 0. The van der Waals surface area contributed by atoms with Gasteiger partial charge >= 0.3 is 0 Å². The Kier molecular flexibility index (Phi) is 7.28. The molecule has 0 aromatic heterocycles. The van der Waals surface area contributed by atoms with Gasteiger partial charge in [-0.1, -0.05) is 50.6 Å². The molecule has 0 heterocycles. The summed E-state index contributed by atoms with van der Waals surface area (Å²) in [4.78, 5) is 2.25. The lowest BCUT2D eigenvalue weighted by molar-refractivity contribution is 0.246. The Balaban J connectivity index is 2.91. The smallest absolute Gasteiger partial charge is 0.145 e. The second-order valence-electron chi connectivity index (χ2n) is 5.40. The fraction of sp³-hybridized carbons (Fsp3) is 0.588. The summed E-state index contributed by atoms with van der Waals surface area (Å²) < 4.78 is 0. The van der Waals surface area contributed by atoms with E-state index in [1.165, 1.54) is 12.8 Å². The minimum absolute atomic E-state index is 0.611. The molecular weight excluding hydrogens is 246 g/mol. The van der Waals surface area contributed by atoms with Gasteiger partial charge in [0.2, 0.25) is 0 Å². The maximum atomic E-state index is 9.79. The van der Waals surface area contributed by atoms with Gasteiger partial charge in [0.15, 0.2) is 0 Å². The highest BCUT2D eigenvalue weighted by Crippen LogP contribution is 2.22. The minimum atomic E-state index is -0.611. The van der Waals surface area contributed by atoms with E-state index < -0.39 is 5.54 Å². The van der Waals surface area contributed by atoms with E-state index in [0.717, 1.165) is 25.1 Å². The van der Waals surface area contributed by atoms with Gasteiger partial charge in [0, 0.05) is 6.54 Å². The first-order chi connectivity index (χ1) is 9.68. The van der Waals surface area contributed by atoms with Crippen molar-refractivity contribution in [3.63, 3.8) is 0 Å². The average molecular weight is 273 g/mol. The quantitative estimate of drug-likeness (QED) is 0.751. The van der Waals surface area contributed by atoms with Crippen LogP contribution in [0.3, 0.4) is 0 Å². The van der Waals surface area contributed by atoms with Gasteiger partial charge in [0.1, 0.15) is 5.54 Å². The van der Waals surface area contributed by atoms with Crippen LogP contribution in [0.15, 0.2) is 30.3 Å². The van der Waals surface area contributed by atoms with E-state index in [1.807, 2.05) is 30.3 Å². The van der Waals surface area contributed by atoms with Crippen LogP contribution in [0, 0.1) is 11.3 Å². The van der Waals surface area contributed by atoms with Gasteiger partial charge in [0.25, 0.3) is 0 Å². The Hall–Kier alpha value is -1.37. The Morgan fingerprint density at radius 2 is 1.90 bits per heavy atom. The topological polar surface area (TPSA) is 39.1 Å². The fourth-order valence-corrected chi connectivity index (χ4v) is 2.36. The molecule has 3 nitrogen and oxygen atoms in total. The summed E-state index contributed by atoms with van der Waals surface area (Å²) in [6.07, 6.45) is 3.37. The van der Waals surface area contributed by atoms with E-state index in [-0.39, 0.29) is 0 Å². The number of nitrogens with one attached hydrogen (secondary N) is 1. The first kappa shape index (κ1) is 16.7. The van der Waals surface area contributed by atoms with Crippen molar-refractivity contribution in [1.29, 1.82) is 5.26 Å². The van der Waals surface area contributed by atoms with Crippen molar-refractivity contribution in [2.45, 2.75) is 38.6 Å². The molecule has 0 saturated carbocycles. The van der Waals surface area contributed by atoms with E-state index in [2.05, 4.69) is 37.2 Å². The minimum Gasteiger partial charge on any atom is -0.303 e. The normalized spacial score (nSPS) is 13.9. The van der Waals surface area contributed by atoms with Gasteiger partial charge < -0.3 is 4.90 Å². The van der Waals surface area contributed by atoms with Crippen molar-refractivity contribution in [3.05, 3.63) is 35.9 Å². The highest BCUT2D eigenvalue weighted by atomic mass is 15.1. The molecule has 20 heavy (non-hydrogen) atoms. The summed E-state index contributed by atoms with van der Waals surface area (Å²) in [7, 11) is 2.10. The maximum Gasteiger partial charge on any atom is 0.145 e. The molecule has 0 fully saturated rings. The predicted octanol–water partition coefficient (Wildman–Crippen LogP) is 3.14. The Labute approximate surface area is 123 Å². The third kappa shape index (κ3) is 4.63. The summed E-state index contributed by atoms with van der Waals surface area (Å²) in [5.74, 6) is 0. The summed E-state index contributed by atoms with van der Waals surface area (Å²) in [5, 5.41) is 13.2. The number of hydrogen-bond acceptors (Lipinski definition) is 3. The molecule has 0 aliphatic rings. The molecule has 3 heteroatoms. The predicted molar refractivity (Wildman–Crippen MR) is 84.4 cm³/mol. The molecule has 1 aromatic rings. The van der Waals surface area contributed by atoms with Crippen molar-refractivity contribution in [1.82, 2.24) is 10.2 Å². The van der Waals surface area contributed by atoms with Gasteiger partial charge in [-0.3, -0.25) is 5.32 Å². The average Bonchev–Trinajstić information content (AvgIpc) is 2.50. The lowest BCUT2D eigenvalue weighted by atomic mass is 9.90. The van der Waals surface area contributed by atoms with Gasteiger partial charge in [-0.15, -0.1) is 0 Å². The standard InChI is InChI=1S/C17H27N3/c1-4-6-13-20(3)15-17(14-18,19-12-5-2)16-10-8-7-9-11-16/h7-11,19H,4-6,12-13,15H2,1-3H3. The first-order valence-corrected chi connectivity index (χ1v) is 7.59. The van der Waals surface area contributed by atoms with Crippen LogP contribution in [0.2, 0.25) is 0 Å². The van der Waals surface area contributed by atoms with Crippen LogP contribution in [0.5, 0.6) is 0 Å². The monoisotopic (exact) mass is 273 g/mol. The van der Waals surface area contributed by atoms with Crippen molar-refractivity contribution in [3.8, 4) is 6.07 Å². The lowest BCUT2D eigenvalue weighted by Gasteiger charge is -2.33. The van der Waals surface area contributed by atoms with Crippen LogP contribution in [0.4, 0.5) is 0 Å². The van der Waals surface area contributed by atoms with Crippen LogP contribution >= 0.6 is 0 Å². The Morgan fingerprint density at radius 1 is 1.20 bits per heavy atom. The zero-order valence-electron chi connectivity index (χ0n) is 13.0. The molecule has 0 bridgehead atoms.